The van der Waals surface area contributed by atoms with Crippen LogP contribution in [0.5, 0.6) is 0 Å². The molecule has 0 bridgehead atoms. The number of likely N-dealkylation sites (N-methyl/N-ethyl adjacent to an activating group) is 1. The minimum Gasteiger partial charge on any atom is -1.00 e. The Kier molecular flexibility index (Phi) is 7.33. The number of benzene rings is 2. The lowest BCUT2D eigenvalue weighted by Gasteiger charge is -2.29. The lowest BCUT2D eigenvalue weighted by atomic mass is 10.0. The Labute approximate surface area is 209 Å². The number of nitrogens with one attached hydrogen (secondary N) is 1. The van der Waals surface area contributed by atoms with Gasteiger partial charge in [-0.1, -0.05) is 30.3 Å². The number of anilines is 1. The van der Waals surface area contributed by atoms with Gasteiger partial charge in [-0.05, 0) is 29.5 Å². The van der Waals surface area contributed by atoms with E-state index in [0.29, 0.717) is 40.9 Å². The number of rotatable bonds is 7. The molecule has 9 nitrogen and oxygen atoms in total. The van der Waals surface area contributed by atoms with Crippen LogP contribution in [0.1, 0.15) is 21.6 Å². The van der Waals surface area contributed by atoms with Crippen molar-refractivity contribution < 1.29 is 26.6 Å². The molecular weight excluding hydrogens is 468 g/mol. The molecule has 4 aromatic rings. The number of aryl methyl sites for hydroxylation is 1. The summed E-state index contributed by atoms with van der Waals surface area (Å²) in [5.41, 5.74) is 10.8. The summed E-state index contributed by atoms with van der Waals surface area (Å²) in [5.74, 6) is -0.145. The van der Waals surface area contributed by atoms with Gasteiger partial charge in [0.25, 0.3) is 5.91 Å². The van der Waals surface area contributed by atoms with Gasteiger partial charge in [0, 0.05) is 16.8 Å². The number of halogens is 1. The standard InChI is InChI=1S/C25H28N6O3.ClH/c1-16-7-5-8-18-22(26)19-9-6-10-20(24(19)28-23(16)18)25(32)27-13-14-31(3,4)15-17-11-12-21(29(17)2)30(33)34;/h5-12H,13-15H2,1-4H3,(H2-,26,27,28,32);1H. The van der Waals surface area contributed by atoms with E-state index in [1.807, 2.05) is 51.4 Å². The Balaban J connectivity index is 0.00000342. The summed E-state index contributed by atoms with van der Waals surface area (Å²) in [6.07, 6.45) is 0. The highest BCUT2D eigenvalue weighted by Gasteiger charge is 2.24. The van der Waals surface area contributed by atoms with Gasteiger partial charge < -0.3 is 38.1 Å². The zero-order valence-corrected chi connectivity index (χ0v) is 21.0. The maximum atomic E-state index is 13.1. The van der Waals surface area contributed by atoms with E-state index in [0.717, 1.165) is 27.5 Å². The number of nitrogen functional groups attached to an aromatic ring is 1. The Morgan fingerprint density at radius 1 is 1.11 bits per heavy atom. The summed E-state index contributed by atoms with van der Waals surface area (Å²) >= 11 is 0. The van der Waals surface area contributed by atoms with E-state index >= 15 is 0 Å². The van der Waals surface area contributed by atoms with Gasteiger partial charge in [-0.3, -0.25) is 4.79 Å². The summed E-state index contributed by atoms with van der Waals surface area (Å²) in [4.78, 5) is 28.6. The molecule has 35 heavy (non-hydrogen) atoms. The van der Waals surface area contributed by atoms with Gasteiger partial charge in [0.05, 0.1) is 56.5 Å². The maximum Gasteiger partial charge on any atom is 0.323 e. The van der Waals surface area contributed by atoms with Crippen LogP contribution in [0, 0.1) is 17.0 Å². The van der Waals surface area contributed by atoms with Crippen LogP contribution in [0.25, 0.3) is 21.8 Å². The highest BCUT2D eigenvalue weighted by molar-refractivity contribution is 6.13. The van der Waals surface area contributed by atoms with Crippen LogP contribution in [0.2, 0.25) is 0 Å². The average molecular weight is 497 g/mol. The zero-order chi connectivity index (χ0) is 24.6. The number of carbonyl (C=O) groups is 1. The zero-order valence-electron chi connectivity index (χ0n) is 20.2. The van der Waals surface area contributed by atoms with Crippen molar-refractivity contribution in [1.82, 2.24) is 14.9 Å². The highest BCUT2D eigenvalue weighted by Crippen LogP contribution is 2.31. The molecule has 2 aromatic heterocycles. The first-order valence-corrected chi connectivity index (χ1v) is 11.1. The van der Waals surface area contributed by atoms with Crippen molar-refractivity contribution in [2.75, 3.05) is 32.9 Å². The third-order valence-corrected chi connectivity index (χ3v) is 6.30. The number of aromatic nitrogens is 2. The van der Waals surface area contributed by atoms with Crippen molar-refractivity contribution in [3.8, 4) is 0 Å². The van der Waals surface area contributed by atoms with Crippen molar-refractivity contribution in [3.63, 3.8) is 0 Å². The monoisotopic (exact) mass is 496 g/mol. The molecule has 0 unspecified atom stereocenters. The summed E-state index contributed by atoms with van der Waals surface area (Å²) in [7, 11) is 5.75. The Bertz CT molecular complexity index is 1430. The molecule has 0 radical (unpaired) electrons. The number of nitrogens with zero attached hydrogens (tertiary/aromatic N) is 4. The van der Waals surface area contributed by atoms with Crippen LogP contribution in [0.15, 0.2) is 48.5 Å². The molecular formula is C25H29ClN6O3. The van der Waals surface area contributed by atoms with Crippen LogP contribution in [-0.2, 0) is 13.6 Å². The third kappa shape index (κ3) is 5.06. The number of amides is 1. The number of pyridine rings is 1. The first-order valence-electron chi connectivity index (χ1n) is 11.1. The number of hydrogen-bond donors (Lipinski definition) is 2. The largest absolute Gasteiger partial charge is 1.00 e. The summed E-state index contributed by atoms with van der Waals surface area (Å²) in [5, 5.41) is 15.7. The Morgan fingerprint density at radius 3 is 2.43 bits per heavy atom. The van der Waals surface area contributed by atoms with Gasteiger partial charge in [0.15, 0.2) is 5.69 Å². The molecule has 0 aliphatic rings. The number of nitro groups is 1. The van der Waals surface area contributed by atoms with E-state index in [2.05, 4.69) is 5.32 Å². The number of carbonyl (C=O) groups excluding carboxylic acids is 1. The van der Waals surface area contributed by atoms with E-state index in [1.165, 1.54) is 6.07 Å². The van der Waals surface area contributed by atoms with Crippen molar-refractivity contribution in [2.45, 2.75) is 13.5 Å². The van der Waals surface area contributed by atoms with Crippen molar-refractivity contribution in [1.29, 1.82) is 0 Å². The second-order valence-corrected chi connectivity index (χ2v) is 9.27. The lowest BCUT2D eigenvalue weighted by Crippen LogP contribution is -3.00. The number of hydrogen-bond acceptors (Lipinski definition) is 5. The first-order chi connectivity index (χ1) is 16.1. The van der Waals surface area contributed by atoms with E-state index in [-0.39, 0.29) is 29.1 Å². The fourth-order valence-corrected chi connectivity index (χ4v) is 4.31. The van der Waals surface area contributed by atoms with Crippen molar-refractivity contribution >= 4 is 39.2 Å². The Hall–Kier alpha value is -3.69. The molecule has 3 N–H and O–H groups in total. The smallest absolute Gasteiger partial charge is 0.323 e. The second-order valence-electron chi connectivity index (χ2n) is 9.27. The first kappa shape index (κ1) is 25.9. The maximum absolute atomic E-state index is 13.1. The van der Waals surface area contributed by atoms with Gasteiger partial charge in [-0.2, -0.15) is 0 Å². The molecule has 4 rings (SSSR count). The number of nitrogens with two attached hydrogens (primary N) is 1. The van der Waals surface area contributed by atoms with Gasteiger partial charge in [-0.25, -0.2) is 9.55 Å². The molecule has 0 atom stereocenters. The molecule has 2 aromatic carbocycles. The molecule has 1 amide bonds. The molecule has 0 spiro atoms. The minimum atomic E-state index is -0.389. The summed E-state index contributed by atoms with van der Waals surface area (Å²) in [6.45, 7) is 3.66. The molecule has 0 saturated heterocycles. The van der Waals surface area contributed by atoms with E-state index < -0.39 is 0 Å². The molecule has 0 saturated carbocycles. The minimum absolute atomic E-state index is 0. The van der Waals surface area contributed by atoms with Gasteiger partial charge in [-0.15, -0.1) is 0 Å². The average Bonchev–Trinajstić information content (AvgIpc) is 3.13. The fraction of sp³-hybridized carbons (Fsp3) is 0.280. The molecule has 10 heteroatoms. The van der Waals surface area contributed by atoms with Gasteiger partial charge >= 0.3 is 5.82 Å². The van der Waals surface area contributed by atoms with Gasteiger partial charge in [0.1, 0.15) is 6.54 Å². The summed E-state index contributed by atoms with van der Waals surface area (Å²) in [6, 6.07) is 14.6. The van der Waals surface area contributed by atoms with Crippen molar-refractivity contribution in [3.05, 3.63) is 75.5 Å². The number of para-hydroxylation sites is 2. The van der Waals surface area contributed by atoms with E-state index in [4.69, 9.17) is 10.7 Å². The molecule has 2 heterocycles. The fourth-order valence-electron chi connectivity index (χ4n) is 4.31. The molecule has 0 aliphatic carbocycles. The quantitative estimate of drug-likeness (QED) is 0.168. The predicted molar refractivity (Wildman–Crippen MR) is 133 cm³/mol. The van der Waals surface area contributed by atoms with Crippen LogP contribution >= 0.6 is 0 Å². The summed E-state index contributed by atoms with van der Waals surface area (Å²) < 4.78 is 2.15. The lowest BCUT2D eigenvalue weighted by molar-refractivity contribution is -0.902. The van der Waals surface area contributed by atoms with Crippen molar-refractivity contribution in [2.24, 2.45) is 7.05 Å². The Morgan fingerprint density at radius 2 is 1.77 bits per heavy atom. The van der Waals surface area contributed by atoms with E-state index in [1.54, 1.807) is 23.7 Å². The predicted octanol–water partition coefficient (Wildman–Crippen LogP) is 0.536. The van der Waals surface area contributed by atoms with Crippen LogP contribution in [0.4, 0.5) is 11.5 Å². The topological polar surface area (TPSA) is 116 Å². The SMILES string of the molecule is Cc1cccc2c(N)c3cccc(C(=O)NCC[N+](C)(C)Cc4ccc([N+](=O)[O-])n4C)c3nc12.[Cl-]. The second kappa shape index (κ2) is 9.89. The number of fused-ring (bicyclic) bond motifs is 2. The highest BCUT2D eigenvalue weighted by atomic mass is 35.5. The molecule has 0 aliphatic heterocycles. The van der Waals surface area contributed by atoms with Crippen LogP contribution in [0.3, 0.4) is 0 Å². The number of quaternary nitrogens is 1. The van der Waals surface area contributed by atoms with Gasteiger partial charge in [0.2, 0.25) is 0 Å². The molecule has 0 fully saturated rings. The third-order valence-electron chi connectivity index (χ3n) is 6.30. The normalized spacial score (nSPS) is 11.4. The van der Waals surface area contributed by atoms with Crippen LogP contribution < -0.4 is 23.5 Å². The van der Waals surface area contributed by atoms with E-state index in [9.17, 15) is 14.9 Å². The molecule has 184 valence electrons. The van der Waals surface area contributed by atoms with Crippen LogP contribution in [-0.4, -0.2) is 52.0 Å².